The van der Waals surface area contributed by atoms with E-state index in [0.29, 0.717) is 11.7 Å². The first-order valence-corrected chi connectivity index (χ1v) is 6.47. The third kappa shape index (κ3) is 4.90. The number of nitrogens with zero attached hydrogens (tertiary/aromatic N) is 2. The SMILES string of the molecule is COc1c(NC(CC(C)C)CN(C)C)nc[nH]c1=O. The van der Waals surface area contributed by atoms with Crippen LogP contribution in [0.2, 0.25) is 0 Å². The summed E-state index contributed by atoms with van der Waals surface area (Å²) < 4.78 is 5.10. The summed E-state index contributed by atoms with van der Waals surface area (Å²) in [7, 11) is 5.52. The van der Waals surface area contributed by atoms with Crippen molar-refractivity contribution in [2.45, 2.75) is 26.3 Å². The molecule has 108 valence electrons. The molecule has 0 bridgehead atoms. The Labute approximate surface area is 114 Å². The Kier molecular flexibility index (Phi) is 5.82. The number of nitrogens with one attached hydrogen (secondary N) is 2. The molecule has 0 aromatic carbocycles. The zero-order valence-electron chi connectivity index (χ0n) is 12.4. The second-order valence-electron chi connectivity index (χ2n) is 5.35. The van der Waals surface area contributed by atoms with E-state index in [4.69, 9.17) is 4.74 Å². The van der Waals surface area contributed by atoms with Crippen LogP contribution in [-0.4, -0.2) is 48.7 Å². The predicted octanol–water partition coefficient (Wildman–Crippen LogP) is 1.17. The van der Waals surface area contributed by atoms with Gasteiger partial charge in [0.1, 0.15) is 0 Å². The minimum absolute atomic E-state index is 0.221. The summed E-state index contributed by atoms with van der Waals surface area (Å²) in [6.45, 7) is 5.22. The Balaban J connectivity index is 2.89. The van der Waals surface area contributed by atoms with Crippen molar-refractivity contribution in [2.75, 3.05) is 33.1 Å². The van der Waals surface area contributed by atoms with Gasteiger partial charge in [0.25, 0.3) is 5.56 Å². The smallest absolute Gasteiger partial charge is 0.295 e. The first-order chi connectivity index (χ1) is 8.93. The molecule has 0 aliphatic carbocycles. The van der Waals surface area contributed by atoms with E-state index in [1.54, 1.807) is 0 Å². The summed E-state index contributed by atoms with van der Waals surface area (Å²) in [6, 6.07) is 0.221. The van der Waals surface area contributed by atoms with Gasteiger partial charge in [0.15, 0.2) is 5.82 Å². The van der Waals surface area contributed by atoms with Gasteiger partial charge in [0.05, 0.1) is 13.4 Å². The molecule has 0 spiro atoms. The van der Waals surface area contributed by atoms with E-state index in [0.717, 1.165) is 13.0 Å². The first kappa shape index (κ1) is 15.5. The summed E-state index contributed by atoms with van der Waals surface area (Å²) >= 11 is 0. The number of aromatic nitrogens is 2. The van der Waals surface area contributed by atoms with Gasteiger partial charge in [-0.25, -0.2) is 4.98 Å². The molecule has 1 aromatic heterocycles. The molecular formula is C13H24N4O2. The van der Waals surface area contributed by atoms with E-state index >= 15 is 0 Å². The fourth-order valence-electron chi connectivity index (χ4n) is 2.06. The van der Waals surface area contributed by atoms with Crippen molar-refractivity contribution in [1.82, 2.24) is 14.9 Å². The van der Waals surface area contributed by atoms with Gasteiger partial charge >= 0.3 is 0 Å². The Morgan fingerprint density at radius 1 is 1.47 bits per heavy atom. The molecule has 1 rings (SSSR count). The summed E-state index contributed by atoms with van der Waals surface area (Å²) in [5.74, 6) is 1.29. The van der Waals surface area contributed by atoms with E-state index in [1.807, 2.05) is 14.1 Å². The highest BCUT2D eigenvalue weighted by Crippen LogP contribution is 2.18. The fourth-order valence-corrected chi connectivity index (χ4v) is 2.06. The Morgan fingerprint density at radius 2 is 2.16 bits per heavy atom. The van der Waals surface area contributed by atoms with Crippen LogP contribution in [0.5, 0.6) is 5.75 Å². The van der Waals surface area contributed by atoms with E-state index in [1.165, 1.54) is 13.4 Å². The largest absolute Gasteiger partial charge is 0.489 e. The summed E-state index contributed by atoms with van der Waals surface area (Å²) in [5, 5.41) is 3.30. The molecular weight excluding hydrogens is 244 g/mol. The van der Waals surface area contributed by atoms with E-state index in [2.05, 4.69) is 34.0 Å². The van der Waals surface area contributed by atoms with Crippen molar-refractivity contribution in [2.24, 2.45) is 5.92 Å². The molecule has 6 nitrogen and oxygen atoms in total. The van der Waals surface area contributed by atoms with Crippen LogP contribution >= 0.6 is 0 Å². The topological polar surface area (TPSA) is 70.2 Å². The summed E-state index contributed by atoms with van der Waals surface area (Å²) in [6.07, 6.45) is 2.38. The van der Waals surface area contributed by atoms with Crippen LogP contribution in [0.1, 0.15) is 20.3 Å². The summed E-state index contributed by atoms with van der Waals surface area (Å²) in [4.78, 5) is 20.4. The molecule has 0 saturated heterocycles. The monoisotopic (exact) mass is 268 g/mol. The number of hydrogen-bond acceptors (Lipinski definition) is 5. The van der Waals surface area contributed by atoms with E-state index in [-0.39, 0.29) is 17.4 Å². The standard InChI is InChI=1S/C13H24N4O2/c1-9(2)6-10(7-17(3)4)16-12-11(19-5)13(18)15-8-14-12/h8-10H,6-7H2,1-5H3,(H2,14,15,16,18). The van der Waals surface area contributed by atoms with Crippen LogP contribution in [0.4, 0.5) is 5.82 Å². The molecule has 0 saturated carbocycles. The third-order valence-corrected chi connectivity index (χ3v) is 2.70. The molecule has 2 N–H and O–H groups in total. The van der Waals surface area contributed by atoms with Crippen molar-refractivity contribution >= 4 is 5.82 Å². The number of anilines is 1. The second-order valence-corrected chi connectivity index (χ2v) is 5.35. The molecule has 1 unspecified atom stereocenters. The van der Waals surface area contributed by atoms with Gasteiger partial charge in [-0.2, -0.15) is 0 Å². The molecule has 0 aliphatic heterocycles. The van der Waals surface area contributed by atoms with Crippen LogP contribution < -0.4 is 15.6 Å². The van der Waals surface area contributed by atoms with Crippen molar-refractivity contribution < 1.29 is 4.74 Å². The van der Waals surface area contributed by atoms with Crippen LogP contribution in [0.15, 0.2) is 11.1 Å². The van der Waals surface area contributed by atoms with Gasteiger partial charge in [-0.1, -0.05) is 13.8 Å². The van der Waals surface area contributed by atoms with Crippen LogP contribution in [0, 0.1) is 5.92 Å². The van der Waals surface area contributed by atoms with E-state index < -0.39 is 0 Å². The molecule has 0 amide bonds. The number of aromatic amines is 1. The van der Waals surface area contributed by atoms with Crippen LogP contribution in [0.25, 0.3) is 0 Å². The van der Waals surface area contributed by atoms with Crippen molar-refractivity contribution in [3.8, 4) is 5.75 Å². The van der Waals surface area contributed by atoms with Crippen molar-refractivity contribution in [3.63, 3.8) is 0 Å². The lowest BCUT2D eigenvalue weighted by Gasteiger charge is -2.24. The van der Waals surface area contributed by atoms with Gasteiger partial charge in [-0.15, -0.1) is 0 Å². The molecule has 1 atom stereocenters. The van der Waals surface area contributed by atoms with Crippen molar-refractivity contribution in [3.05, 3.63) is 16.7 Å². The van der Waals surface area contributed by atoms with E-state index in [9.17, 15) is 4.79 Å². The lowest BCUT2D eigenvalue weighted by atomic mass is 10.0. The minimum atomic E-state index is -0.270. The zero-order valence-corrected chi connectivity index (χ0v) is 12.4. The molecule has 0 fully saturated rings. The van der Waals surface area contributed by atoms with Gasteiger partial charge in [-0.05, 0) is 26.4 Å². The highest BCUT2D eigenvalue weighted by Gasteiger charge is 2.16. The number of H-pyrrole nitrogens is 1. The predicted molar refractivity (Wildman–Crippen MR) is 76.8 cm³/mol. The van der Waals surface area contributed by atoms with Crippen LogP contribution in [0.3, 0.4) is 0 Å². The maximum Gasteiger partial charge on any atom is 0.295 e. The first-order valence-electron chi connectivity index (χ1n) is 6.47. The number of methoxy groups -OCH3 is 1. The van der Waals surface area contributed by atoms with Crippen LogP contribution in [-0.2, 0) is 0 Å². The lowest BCUT2D eigenvalue weighted by Crippen LogP contribution is -2.34. The van der Waals surface area contributed by atoms with Gasteiger partial charge in [0, 0.05) is 12.6 Å². The number of hydrogen-bond donors (Lipinski definition) is 2. The molecule has 1 heterocycles. The van der Waals surface area contributed by atoms with Crippen molar-refractivity contribution in [1.29, 1.82) is 0 Å². The third-order valence-electron chi connectivity index (χ3n) is 2.70. The number of rotatable bonds is 7. The second kappa shape index (κ2) is 7.13. The molecule has 0 radical (unpaired) electrons. The number of likely N-dealkylation sites (N-methyl/N-ethyl adjacent to an activating group) is 1. The molecule has 0 aliphatic rings. The minimum Gasteiger partial charge on any atom is -0.489 e. The Bertz CT molecular complexity index is 433. The zero-order chi connectivity index (χ0) is 14.4. The maximum atomic E-state index is 11.6. The van der Waals surface area contributed by atoms with Gasteiger partial charge in [0.2, 0.25) is 5.75 Å². The lowest BCUT2D eigenvalue weighted by molar-refractivity contribution is 0.354. The quantitative estimate of drug-likeness (QED) is 0.776. The average Bonchev–Trinajstić information content (AvgIpc) is 2.27. The normalized spacial score (nSPS) is 12.8. The molecule has 1 aromatic rings. The highest BCUT2D eigenvalue weighted by atomic mass is 16.5. The maximum absolute atomic E-state index is 11.6. The Morgan fingerprint density at radius 3 is 2.68 bits per heavy atom. The Hall–Kier alpha value is -1.56. The van der Waals surface area contributed by atoms with Gasteiger partial charge in [-0.3, -0.25) is 4.79 Å². The number of ether oxygens (including phenoxy) is 1. The molecule has 19 heavy (non-hydrogen) atoms. The fraction of sp³-hybridized carbons (Fsp3) is 0.692. The highest BCUT2D eigenvalue weighted by molar-refractivity contribution is 5.48. The van der Waals surface area contributed by atoms with Gasteiger partial charge < -0.3 is 19.9 Å². The molecule has 6 heteroatoms. The average molecular weight is 268 g/mol. The summed E-state index contributed by atoms with van der Waals surface area (Å²) in [5.41, 5.74) is -0.270.